The Bertz CT molecular complexity index is 612. The average molecular weight is 336 g/mol. The number of rotatable bonds is 3. The molecule has 132 valence electrons. The average Bonchev–Trinajstić information content (AvgIpc) is 2.59. The summed E-state index contributed by atoms with van der Waals surface area (Å²) in [4.78, 5) is 14.1. The lowest BCUT2D eigenvalue weighted by molar-refractivity contribution is -0.207. The number of piperidine rings is 1. The van der Waals surface area contributed by atoms with Gasteiger partial charge in [0.2, 0.25) is 0 Å². The first-order valence-electron chi connectivity index (χ1n) is 8.58. The Morgan fingerprint density at radius 2 is 2.17 bits per heavy atom. The molecule has 0 bridgehead atoms. The summed E-state index contributed by atoms with van der Waals surface area (Å²) in [6, 6.07) is 4.65. The standard InChI is InChI=1S/C18H25FN2O3/c1-3-24-15-11-14(22)18(15)7-9-21(10-8-18)17(23)20-13-6-4-5-12(2)16(13)19/h4-6,14-15,22H,3,7-11H2,1-2H3,(H,20,23)/t14-,15-/m1/s1. The van der Waals surface area contributed by atoms with Gasteiger partial charge in [-0.05, 0) is 38.3 Å². The second-order valence-corrected chi connectivity index (χ2v) is 6.78. The van der Waals surface area contributed by atoms with Gasteiger partial charge in [-0.3, -0.25) is 0 Å². The van der Waals surface area contributed by atoms with Crippen LogP contribution in [0, 0.1) is 18.2 Å². The van der Waals surface area contributed by atoms with E-state index >= 15 is 0 Å². The fourth-order valence-corrected chi connectivity index (χ4v) is 3.88. The third-order valence-corrected chi connectivity index (χ3v) is 5.53. The maximum atomic E-state index is 14.0. The Morgan fingerprint density at radius 3 is 2.79 bits per heavy atom. The molecule has 5 nitrogen and oxygen atoms in total. The Balaban J connectivity index is 1.60. The van der Waals surface area contributed by atoms with E-state index in [9.17, 15) is 14.3 Å². The number of aliphatic hydroxyl groups is 1. The molecule has 2 aliphatic rings. The van der Waals surface area contributed by atoms with Gasteiger partial charge in [-0.15, -0.1) is 0 Å². The van der Waals surface area contributed by atoms with E-state index in [1.807, 2.05) is 6.92 Å². The first-order chi connectivity index (χ1) is 11.5. The normalized spacial score (nSPS) is 25.4. The fourth-order valence-electron chi connectivity index (χ4n) is 3.88. The predicted octanol–water partition coefficient (Wildman–Crippen LogP) is 2.92. The van der Waals surface area contributed by atoms with E-state index in [0.717, 1.165) is 0 Å². The van der Waals surface area contributed by atoms with Crippen molar-refractivity contribution in [1.29, 1.82) is 0 Å². The molecule has 1 spiro atoms. The number of benzene rings is 1. The molecule has 2 N–H and O–H groups in total. The van der Waals surface area contributed by atoms with Crippen LogP contribution >= 0.6 is 0 Å². The number of likely N-dealkylation sites (tertiary alicyclic amines) is 1. The number of halogens is 1. The minimum absolute atomic E-state index is 0.0805. The number of anilines is 1. The SMILES string of the molecule is CCO[C@@H]1C[C@@H](O)C12CCN(C(=O)Nc1cccc(C)c1F)CC2. The molecule has 1 saturated heterocycles. The predicted molar refractivity (Wildman–Crippen MR) is 89.4 cm³/mol. The number of carbonyl (C=O) groups is 1. The van der Waals surface area contributed by atoms with E-state index in [0.29, 0.717) is 44.5 Å². The maximum Gasteiger partial charge on any atom is 0.321 e. The van der Waals surface area contributed by atoms with Gasteiger partial charge in [0.15, 0.2) is 0 Å². The van der Waals surface area contributed by atoms with Crippen LogP contribution in [-0.2, 0) is 4.74 Å². The molecule has 2 fully saturated rings. The van der Waals surface area contributed by atoms with Gasteiger partial charge in [-0.2, -0.15) is 0 Å². The van der Waals surface area contributed by atoms with Crippen LogP contribution in [0.3, 0.4) is 0 Å². The van der Waals surface area contributed by atoms with E-state index in [-0.39, 0.29) is 29.3 Å². The Morgan fingerprint density at radius 1 is 1.46 bits per heavy atom. The maximum absolute atomic E-state index is 14.0. The molecular weight excluding hydrogens is 311 g/mol. The summed E-state index contributed by atoms with van der Waals surface area (Å²) >= 11 is 0. The smallest absolute Gasteiger partial charge is 0.321 e. The molecule has 6 heteroatoms. The number of urea groups is 1. The Kier molecular flexibility index (Phi) is 4.78. The van der Waals surface area contributed by atoms with Gasteiger partial charge in [0.1, 0.15) is 5.82 Å². The van der Waals surface area contributed by atoms with Gasteiger partial charge in [-0.25, -0.2) is 9.18 Å². The van der Waals surface area contributed by atoms with Crippen LogP contribution in [0.15, 0.2) is 18.2 Å². The molecule has 1 heterocycles. The van der Waals surface area contributed by atoms with Crippen molar-refractivity contribution >= 4 is 11.7 Å². The van der Waals surface area contributed by atoms with Crippen LogP contribution < -0.4 is 5.32 Å². The molecule has 1 aromatic rings. The molecule has 1 aliphatic heterocycles. The zero-order chi connectivity index (χ0) is 17.3. The highest BCUT2D eigenvalue weighted by molar-refractivity contribution is 5.89. The van der Waals surface area contributed by atoms with Crippen LogP contribution in [0.25, 0.3) is 0 Å². The first kappa shape index (κ1) is 17.2. The molecular formula is C18H25FN2O3. The van der Waals surface area contributed by atoms with Crippen LogP contribution in [0.4, 0.5) is 14.9 Å². The van der Waals surface area contributed by atoms with Crippen molar-refractivity contribution in [3.05, 3.63) is 29.6 Å². The third-order valence-electron chi connectivity index (χ3n) is 5.53. The molecule has 0 unspecified atom stereocenters. The van der Waals surface area contributed by atoms with Crippen LogP contribution in [0.2, 0.25) is 0 Å². The quantitative estimate of drug-likeness (QED) is 0.892. The van der Waals surface area contributed by atoms with Crippen LogP contribution in [0.1, 0.15) is 31.7 Å². The van der Waals surface area contributed by atoms with Crippen molar-refractivity contribution < 1.29 is 19.0 Å². The largest absolute Gasteiger partial charge is 0.392 e. The third kappa shape index (κ3) is 2.89. The Labute approximate surface area is 141 Å². The topological polar surface area (TPSA) is 61.8 Å². The summed E-state index contributed by atoms with van der Waals surface area (Å²) in [5.74, 6) is -0.398. The van der Waals surface area contributed by atoms with E-state index < -0.39 is 5.82 Å². The van der Waals surface area contributed by atoms with Crippen molar-refractivity contribution in [1.82, 2.24) is 4.90 Å². The lowest BCUT2D eigenvalue weighted by atomic mass is 9.58. The van der Waals surface area contributed by atoms with Gasteiger partial charge in [-0.1, -0.05) is 12.1 Å². The van der Waals surface area contributed by atoms with Crippen LogP contribution in [0.5, 0.6) is 0 Å². The molecule has 0 radical (unpaired) electrons. The van der Waals surface area contributed by atoms with Crippen LogP contribution in [-0.4, -0.2) is 47.9 Å². The van der Waals surface area contributed by atoms with Gasteiger partial charge >= 0.3 is 6.03 Å². The highest BCUT2D eigenvalue weighted by atomic mass is 19.1. The number of hydrogen-bond donors (Lipinski definition) is 2. The Hall–Kier alpha value is -1.66. The number of aliphatic hydroxyl groups excluding tert-OH is 1. The second kappa shape index (κ2) is 6.69. The number of ether oxygens (including phenoxy) is 1. The molecule has 3 rings (SSSR count). The number of nitrogens with zero attached hydrogens (tertiary/aromatic N) is 1. The number of carbonyl (C=O) groups excluding carboxylic acids is 1. The summed E-state index contributed by atoms with van der Waals surface area (Å²) in [5, 5.41) is 12.8. The number of hydrogen-bond acceptors (Lipinski definition) is 3. The van der Waals surface area contributed by atoms with Crippen molar-refractivity contribution in [3.63, 3.8) is 0 Å². The van der Waals surface area contributed by atoms with E-state index in [4.69, 9.17) is 4.74 Å². The monoisotopic (exact) mass is 336 g/mol. The van der Waals surface area contributed by atoms with E-state index in [2.05, 4.69) is 5.32 Å². The van der Waals surface area contributed by atoms with E-state index in [1.54, 1.807) is 30.0 Å². The zero-order valence-electron chi connectivity index (χ0n) is 14.2. The van der Waals surface area contributed by atoms with Gasteiger partial charge in [0.05, 0.1) is 17.9 Å². The molecule has 24 heavy (non-hydrogen) atoms. The highest BCUT2D eigenvalue weighted by Crippen LogP contribution is 2.50. The lowest BCUT2D eigenvalue weighted by Gasteiger charge is -2.56. The molecule has 2 atom stereocenters. The number of amides is 2. The van der Waals surface area contributed by atoms with Gasteiger partial charge in [0.25, 0.3) is 0 Å². The summed E-state index contributed by atoms with van der Waals surface area (Å²) in [5.41, 5.74) is 0.486. The molecule has 1 aromatic carbocycles. The number of aryl methyl sites for hydroxylation is 1. The molecule has 1 saturated carbocycles. The highest BCUT2D eigenvalue weighted by Gasteiger charge is 2.56. The minimum Gasteiger partial charge on any atom is -0.392 e. The van der Waals surface area contributed by atoms with Crippen molar-refractivity contribution in [3.8, 4) is 0 Å². The zero-order valence-corrected chi connectivity index (χ0v) is 14.2. The summed E-state index contributed by atoms with van der Waals surface area (Å²) < 4.78 is 19.8. The minimum atomic E-state index is -0.398. The van der Waals surface area contributed by atoms with Crippen molar-refractivity contribution in [2.45, 2.75) is 45.3 Å². The molecule has 1 aliphatic carbocycles. The number of nitrogens with one attached hydrogen (secondary N) is 1. The molecule has 0 aromatic heterocycles. The first-order valence-corrected chi connectivity index (χ1v) is 8.58. The van der Waals surface area contributed by atoms with Crippen molar-refractivity contribution in [2.24, 2.45) is 5.41 Å². The van der Waals surface area contributed by atoms with E-state index in [1.165, 1.54) is 0 Å². The fraction of sp³-hybridized carbons (Fsp3) is 0.611. The van der Waals surface area contributed by atoms with Crippen molar-refractivity contribution in [2.75, 3.05) is 25.0 Å². The second-order valence-electron chi connectivity index (χ2n) is 6.78. The molecule has 2 amide bonds. The van der Waals surface area contributed by atoms with Gasteiger partial charge < -0.3 is 20.1 Å². The summed E-state index contributed by atoms with van der Waals surface area (Å²) in [7, 11) is 0. The van der Waals surface area contributed by atoms with Gasteiger partial charge in [0, 0.05) is 31.5 Å². The lowest BCUT2D eigenvalue weighted by Crippen LogP contribution is -2.63. The summed E-state index contributed by atoms with van der Waals surface area (Å²) in [6.07, 6.45) is 1.82. The summed E-state index contributed by atoms with van der Waals surface area (Å²) in [6.45, 7) is 5.34.